The molecule has 0 aliphatic heterocycles. The summed E-state index contributed by atoms with van der Waals surface area (Å²) < 4.78 is 26.4. The fourth-order valence-corrected chi connectivity index (χ4v) is 2.41. The first-order valence-corrected chi connectivity index (χ1v) is 6.02. The molecule has 2 heterocycles. The second-order valence-electron chi connectivity index (χ2n) is 3.75. The number of aromatic amines is 1. The van der Waals surface area contributed by atoms with E-state index < -0.39 is 11.6 Å². The van der Waals surface area contributed by atoms with Gasteiger partial charge < -0.3 is 4.98 Å². The van der Waals surface area contributed by atoms with Gasteiger partial charge in [0, 0.05) is 6.42 Å². The van der Waals surface area contributed by atoms with Crippen molar-refractivity contribution in [3.05, 3.63) is 52.0 Å². The molecule has 17 heavy (non-hydrogen) atoms. The highest BCUT2D eigenvalue weighted by Gasteiger charge is 2.11. The molecule has 0 aliphatic rings. The fraction of sp³-hybridized carbons (Fsp3) is 0.0833. The smallest absolute Gasteiger partial charge is 0.186 e. The predicted molar refractivity (Wildman–Crippen MR) is 63.1 cm³/mol. The second-order valence-corrected chi connectivity index (χ2v) is 4.53. The van der Waals surface area contributed by atoms with Crippen molar-refractivity contribution in [3.8, 4) is 0 Å². The van der Waals surface area contributed by atoms with Crippen LogP contribution < -0.4 is 0 Å². The molecule has 86 valence electrons. The van der Waals surface area contributed by atoms with Gasteiger partial charge >= 0.3 is 0 Å². The second kappa shape index (κ2) is 3.92. The van der Waals surface area contributed by atoms with Crippen LogP contribution in [-0.2, 0) is 6.42 Å². The third-order valence-electron chi connectivity index (χ3n) is 2.55. The Morgan fingerprint density at radius 2 is 2.12 bits per heavy atom. The van der Waals surface area contributed by atoms with E-state index in [0.29, 0.717) is 17.8 Å². The van der Waals surface area contributed by atoms with Crippen molar-refractivity contribution in [1.82, 2.24) is 9.97 Å². The van der Waals surface area contributed by atoms with E-state index in [1.165, 1.54) is 6.07 Å². The van der Waals surface area contributed by atoms with Gasteiger partial charge in [0.25, 0.3) is 0 Å². The lowest BCUT2D eigenvalue weighted by Crippen LogP contribution is -1.88. The summed E-state index contributed by atoms with van der Waals surface area (Å²) in [6.45, 7) is 0. The van der Waals surface area contributed by atoms with Crippen molar-refractivity contribution < 1.29 is 8.78 Å². The van der Waals surface area contributed by atoms with Crippen molar-refractivity contribution in [2.45, 2.75) is 6.42 Å². The van der Waals surface area contributed by atoms with Gasteiger partial charge in [-0.15, -0.1) is 0 Å². The van der Waals surface area contributed by atoms with E-state index in [9.17, 15) is 8.78 Å². The summed E-state index contributed by atoms with van der Waals surface area (Å²) in [7, 11) is 0. The van der Waals surface area contributed by atoms with Gasteiger partial charge in [-0.05, 0) is 34.5 Å². The summed E-state index contributed by atoms with van der Waals surface area (Å²) in [4.78, 5) is 7.07. The molecule has 0 spiro atoms. The van der Waals surface area contributed by atoms with Gasteiger partial charge in [0.05, 0.1) is 5.52 Å². The standard InChI is InChI=1S/C12H8F2N2S/c13-8-1-2-9-12(11(8)14)16-10(15-9)5-7-3-4-17-6-7/h1-4,6H,5H2,(H,15,16). The predicted octanol–water partition coefficient (Wildman–Crippen LogP) is 3.49. The van der Waals surface area contributed by atoms with E-state index in [-0.39, 0.29) is 5.52 Å². The SMILES string of the molecule is Fc1ccc2[nH]c(Cc3ccsc3)nc2c1F. The molecule has 0 amide bonds. The average Bonchev–Trinajstić information content (AvgIpc) is 2.93. The van der Waals surface area contributed by atoms with Crippen LogP contribution in [0.2, 0.25) is 0 Å². The minimum atomic E-state index is -0.893. The number of nitrogens with one attached hydrogen (secondary N) is 1. The molecule has 0 saturated heterocycles. The number of benzene rings is 1. The van der Waals surface area contributed by atoms with E-state index in [2.05, 4.69) is 9.97 Å². The van der Waals surface area contributed by atoms with Gasteiger partial charge in [0.1, 0.15) is 11.3 Å². The molecule has 0 aliphatic carbocycles. The zero-order valence-corrected chi connectivity index (χ0v) is 9.52. The number of imidazole rings is 1. The van der Waals surface area contributed by atoms with Crippen LogP contribution in [0.3, 0.4) is 0 Å². The Balaban J connectivity index is 2.05. The van der Waals surface area contributed by atoms with Crippen molar-refractivity contribution in [2.75, 3.05) is 0 Å². The highest BCUT2D eigenvalue weighted by atomic mass is 32.1. The molecule has 0 bridgehead atoms. The van der Waals surface area contributed by atoms with Gasteiger partial charge in [-0.2, -0.15) is 11.3 Å². The summed E-state index contributed by atoms with van der Waals surface area (Å²) in [6, 6.07) is 4.58. The molecule has 3 rings (SSSR count). The Morgan fingerprint density at radius 3 is 2.88 bits per heavy atom. The molecule has 2 aromatic heterocycles. The Morgan fingerprint density at radius 1 is 1.24 bits per heavy atom. The molecular weight excluding hydrogens is 242 g/mol. The monoisotopic (exact) mass is 250 g/mol. The quantitative estimate of drug-likeness (QED) is 0.741. The van der Waals surface area contributed by atoms with Gasteiger partial charge in [0.15, 0.2) is 11.6 Å². The number of aromatic nitrogens is 2. The van der Waals surface area contributed by atoms with Gasteiger partial charge in [0.2, 0.25) is 0 Å². The molecular formula is C12H8F2N2S. The highest BCUT2D eigenvalue weighted by Crippen LogP contribution is 2.19. The van der Waals surface area contributed by atoms with E-state index in [4.69, 9.17) is 0 Å². The normalized spacial score (nSPS) is 11.2. The van der Waals surface area contributed by atoms with E-state index >= 15 is 0 Å². The van der Waals surface area contributed by atoms with Crippen LogP contribution in [0.5, 0.6) is 0 Å². The van der Waals surface area contributed by atoms with Crippen molar-refractivity contribution in [2.24, 2.45) is 0 Å². The fourth-order valence-electron chi connectivity index (χ4n) is 1.74. The van der Waals surface area contributed by atoms with Crippen LogP contribution >= 0.6 is 11.3 Å². The zero-order chi connectivity index (χ0) is 11.8. The largest absolute Gasteiger partial charge is 0.342 e. The van der Waals surface area contributed by atoms with Crippen molar-refractivity contribution in [3.63, 3.8) is 0 Å². The maximum Gasteiger partial charge on any atom is 0.186 e. The first kappa shape index (κ1) is 10.4. The number of fused-ring (bicyclic) bond motifs is 1. The number of hydrogen-bond acceptors (Lipinski definition) is 2. The maximum atomic E-state index is 13.4. The lowest BCUT2D eigenvalue weighted by atomic mass is 10.2. The van der Waals surface area contributed by atoms with Crippen molar-refractivity contribution in [1.29, 1.82) is 0 Å². The van der Waals surface area contributed by atoms with Gasteiger partial charge in [-0.25, -0.2) is 13.8 Å². The minimum absolute atomic E-state index is 0.0650. The van der Waals surface area contributed by atoms with Crippen molar-refractivity contribution >= 4 is 22.4 Å². The summed E-state index contributed by atoms with van der Waals surface area (Å²) >= 11 is 1.60. The Labute approximate surface area is 99.9 Å². The third-order valence-corrected chi connectivity index (χ3v) is 3.28. The van der Waals surface area contributed by atoms with Crippen LogP contribution in [0.4, 0.5) is 8.78 Å². The Bertz CT molecular complexity index is 659. The lowest BCUT2D eigenvalue weighted by molar-refractivity contribution is 0.515. The van der Waals surface area contributed by atoms with E-state index in [1.807, 2.05) is 16.8 Å². The summed E-state index contributed by atoms with van der Waals surface area (Å²) in [5.41, 5.74) is 1.69. The summed E-state index contributed by atoms with van der Waals surface area (Å²) in [5, 5.41) is 3.97. The minimum Gasteiger partial charge on any atom is -0.342 e. The number of nitrogens with zero attached hydrogens (tertiary/aromatic N) is 1. The van der Waals surface area contributed by atoms with Gasteiger partial charge in [-0.3, -0.25) is 0 Å². The number of thiophene rings is 1. The van der Waals surface area contributed by atoms with Crippen LogP contribution in [0.25, 0.3) is 11.0 Å². The first-order valence-electron chi connectivity index (χ1n) is 5.08. The van der Waals surface area contributed by atoms with Crippen LogP contribution in [0.1, 0.15) is 11.4 Å². The number of H-pyrrole nitrogens is 1. The number of hydrogen-bond donors (Lipinski definition) is 1. The molecule has 0 radical (unpaired) electrons. The average molecular weight is 250 g/mol. The molecule has 5 heteroatoms. The lowest BCUT2D eigenvalue weighted by Gasteiger charge is -1.91. The third kappa shape index (κ3) is 1.82. The summed E-state index contributed by atoms with van der Waals surface area (Å²) in [5.74, 6) is -1.12. The molecule has 0 saturated carbocycles. The molecule has 0 unspecified atom stereocenters. The van der Waals surface area contributed by atoms with Crippen LogP contribution in [0, 0.1) is 11.6 Å². The molecule has 2 nitrogen and oxygen atoms in total. The van der Waals surface area contributed by atoms with Crippen LogP contribution in [-0.4, -0.2) is 9.97 Å². The molecule has 0 fully saturated rings. The van der Waals surface area contributed by atoms with Crippen LogP contribution in [0.15, 0.2) is 29.0 Å². The molecule has 0 atom stereocenters. The molecule has 1 N–H and O–H groups in total. The van der Waals surface area contributed by atoms with E-state index in [1.54, 1.807) is 11.3 Å². The highest BCUT2D eigenvalue weighted by molar-refractivity contribution is 7.07. The maximum absolute atomic E-state index is 13.4. The molecule has 3 aromatic rings. The first-order chi connectivity index (χ1) is 8.24. The summed E-state index contributed by atoms with van der Waals surface area (Å²) in [6.07, 6.45) is 0.596. The van der Waals surface area contributed by atoms with Gasteiger partial charge in [-0.1, -0.05) is 0 Å². The Kier molecular flexibility index (Phi) is 2.40. The number of halogens is 2. The molecule has 1 aromatic carbocycles. The van der Waals surface area contributed by atoms with E-state index in [0.717, 1.165) is 11.6 Å². The topological polar surface area (TPSA) is 28.7 Å². The number of rotatable bonds is 2. The zero-order valence-electron chi connectivity index (χ0n) is 8.71. The Hall–Kier alpha value is -1.75.